The number of rotatable bonds is 5. The SMILES string of the molecule is CCc1ccc(-c2nc(C)c(C(=O)OCc3cc(=O)n4ccsc4n3)s2)cc1. The second-order valence-electron chi connectivity index (χ2n) is 6.20. The van der Waals surface area contributed by atoms with Crippen LogP contribution >= 0.6 is 22.7 Å². The minimum atomic E-state index is -0.459. The molecule has 4 rings (SSSR count). The molecule has 0 N–H and O–H groups in total. The molecule has 0 spiro atoms. The van der Waals surface area contributed by atoms with Crippen LogP contribution in [0.1, 0.15) is 33.5 Å². The van der Waals surface area contributed by atoms with Crippen molar-refractivity contribution >= 4 is 33.6 Å². The smallest absolute Gasteiger partial charge is 0.350 e. The normalized spacial score (nSPS) is 11.1. The molecule has 0 saturated carbocycles. The summed E-state index contributed by atoms with van der Waals surface area (Å²) in [7, 11) is 0. The molecule has 3 heterocycles. The molecule has 6 nitrogen and oxygen atoms in total. The van der Waals surface area contributed by atoms with E-state index in [0.29, 0.717) is 21.2 Å². The zero-order valence-electron chi connectivity index (χ0n) is 15.3. The topological polar surface area (TPSA) is 73.6 Å². The molecule has 0 aliphatic carbocycles. The van der Waals surface area contributed by atoms with Crippen molar-refractivity contribution in [1.29, 1.82) is 0 Å². The number of aryl methyl sites for hydroxylation is 2. The largest absolute Gasteiger partial charge is 0.455 e. The molecule has 142 valence electrons. The molecule has 1 aromatic carbocycles. The number of esters is 1. The first-order chi connectivity index (χ1) is 13.5. The summed E-state index contributed by atoms with van der Waals surface area (Å²) in [4.78, 5) is 34.4. The van der Waals surface area contributed by atoms with Crippen molar-refractivity contribution in [1.82, 2.24) is 14.4 Å². The van der Waals surface area contributed by atoms with Crippen molar-refractivity contribution in [2.45, 2.75) is 26.9 Å². The third-order valence-electron chi connectivity index (χ3n) is 4.30. The van der Waals surface area contributed by atoms with Gasteiger partial charge in [0.2, 0.25) is 0 Å². The average molecular weight is 412 g/mol. The van der Waals surface area contributed by atoms with Gasteiger partial charge in [0.05, 0.1) is 11.4 Å². The van der Waals surface area contributed by atoms with Crippen LogP contribution < -0.4 is 5.56 Å². The van der Waals surface area contributed by atoms with Gasteiger partial charge in [0.15, 0.2) is 4.96 Å². The van der Waals surface area contributed by atoms with Crippen molar-refractivity contribution in [3.63, 3.8) is 0 Å². The predicted octanol–water partition coefficient (Wildman–Crippen LogP) is 4.11. The summed E-state index contributed by atoms with van der Waals surface area (Å²) in [6, 6.07) is 9.54. The number of benzene rings is 1. The number of carbonyl (C=O) groups is 1. The minimum Gasteiger partial charge on any atom is -0.455 e. The molecule has 0 aliphatic heterocycles. The summed E-state index contributed by atoms with van der Waals surface area (Å²) in [6.07, 6.45) is 2.64. The highest BCUT2D eigenvalue weighted by Crippen LogP contribution is 2.29. The molecule has 0 atom stereocenters. The van der Waals surface area contributed by atoms with Crippen molar-refractivity contribution in [2.75, 3.05) is 0 Å². The first kappa shape index (κ1) is 18.5. The fourth-order valence-corrected chi connectivity index (χ4v) is 4.46. The lowest BCUT2D eigenvalue weighted by atomic mass is 10.1. The zero-order chi connectivity index (χ0) is 19.7. The monoisotopic (exact) mass is 411 g/mol. The van der Waals surface area contributed by atoms with Gasteiger partial charge in [0.25, 0.3) is 5.56 Å². The Labute approximate surface area is 169 Å². The van der Waals surface area contributed by atoms with E-state index in [2.05, 4.69) is 29.0 Å². The van der Waals surface area contributed by atoms with Crippen LogP contribution in [0, 0.1) is 6.92 Å². The van der Waals surface area contributed by atoms with Gasteiger partial charge in [-0.15, -0.1) is 22.7 Å². The molecule has 0 radical (unpaired) electrons. The van der Waals surface area contributed by atoms with Crippen LogP contribution in [0.4, 0.5) is 0 Å². The molecule has 4 aromatic rings. The Morgan fingerprint density at radius 1 is 1.21 bits per heavy atom. The second kappa shape index (κ2) is 7.65. The van der Waals surface area contributed by atoms with Crippen LogP contribution in [-0.2, 0) is 17.8 Å². The summed E-state index contributed by atoms with van der Waals surface area (Å²) in [5.74, 6) is -0.459. The summed E-state index contributed by atoms with van der Waals surface area (Å²) in [5.41, 5.74) is 3.10. The molecule has 0 unspecified atom stereocenters. The van der Waals surface area contributed by atoms with Crippen LogP contribution in [-0.4, -0.2) is 20.3 Å². The maximum Gasteiger partial charge on any atom is 0.350 e. The number of hydrogen-bond acceptors (Lipinski definition) is 7. The molecular weight excluding hydrogens is 394 g/mol. The quantitative estimate of drug-likeness (QED) is 0.462. The van der Waals surface area contributed by atoms with Crippen LogP contribution in [0.2, 0.25) is 0 Å². The maximum absolute atomic E-state index is 12.5. The molecule has 0 saturated heterocycles. The summed E-state index contributed by atoms with van der Waals surface area (Å²) < 4.78 is 6.84. The molecule has 0 fully saturated rings. The van der Waals surface area contributed by atoms with E-state index in [1.807, 2.05) is 12.1 Å². The van der Waals surface area contributed by atoms with Gasteiger partial charge >= 0.3 is 5.97 Å². The minimum absolute atomic E-state index is 0.0552. The highest BCUT2D eigenvalue weighted by molar-refractivity contribution is 7.17. The molecule has 28 heavy (non-hydrogen) atoms. The predicted molar refractivity (Wildman–Crippen MR) is 110 cm³/mol. The van der Waals surface area contributed by atoms with Gasteiger partial charge < -0.3 is 4.74 Å². The molecule has 0 bridgehead atoms. The van der Waals surface area contributed by atoms with Crippen molar-refractivity contribution in [3.05, 3.63) is 74.1 Å². The van der Waals surface area contributed by atoms with Crippen LogP contribution in [0.5, 0.6) is 0 Å². The van der Waals surface area contributed by atoms with Gasteiger partial charge in [0.1, 0.15) is 16.5 Å². The Hall–Kier alpha value is -2.84. The Balaban J connectivity index is 1.51. The van der Waals surface area contributed by atoms with Gasteiger partial charge in [-0.3, -0.25) is 9.20 Å². The van der Waals surface area contributed by atoms with Crippen molar-refractivity contribution in [2.24, 2.45) is 0 Å². The maximum atomic E-state index is 12.5. The van der Waals surface area contributed by atoms with E-state index in [1.165, 1.54) is 38.7 Å². The molecule has 0 aliphatic rings. The van der Waals surface area contributed by atoms with E-state index in [1.54, 1.807) is 18.5 Å². The summed E-state index contributed by atoms with van der Waals surface area (Å²) in [6.45, 7) is 3.84. The zero-order valence-corrected chi connectivity index (χ0v) is 17.0. The van der Waals surface area contributed by atoms with Gasteiger partial charge in [-0.1, -0.05) is 31.2 Å². The van der Waals surface area contributed by atoms with Crippen molar-refractivity contribution < 1.29 is 9.53 Å². The van der Waals surface area contributed by atoms with Gasteiger partial charge in [-0.25, -0.2) is 14.8 Å². The number of nitrogens with zero attached hydrogens (tertiary/aromatic N) is 3. The Bertz CT molecular complexity index is 1210. The third-order valence-corrected chi connectivity index (χ3v) is 6.24. The number of ether oxygens (including phenoxy) is 1. The number of thiazole rings is 2. The second-order valence-corrected chi connectivity index (χ2v) is 8.07. The van der Waals surface area contributed by atoms with Crippen LogP contribution in [0.15, 0.2) is 46.7 Å². The molecule has 0 amide bonds. The first-order valence-electron chi connectivity index (χ1n) is 8.75. The number of carbonyl (C=O) groups excluding carboxylic acids is 1. The fraction of sp³-hybridized carbons (Fsp3) is 0.200. The van der Waals surface area contributed by atoms with Crippen molar-refractivity contribution in [3.8, 4) is 10.6 Å². The Morgan fingerprint density at radius 2 is 2.00 bits per heavy atom. The Morgan fingerprint density at radius 3 is 2.75 bits per heavy atom. The van der Waals surface area contributed by atoms with Gasteiger partial charge in [0, 0.05) is 23.2 Å². The van der Waals surface area contributed by atoms with Crippen LogP contribution in [0.25, 0.3) is 15.5 Å². The highest BCUT2D eigenvalue weighted by Gasteiger charge is 2.18. The standard InChI is InChI=1S/C20H17N3O3S2/c1-3-13-4-6-14(7-5-13)18-21-12(2)17(28-18)19(25)26-11-15-10-16(24)23-8-9-27-20(23)22-15/h4-10H,3,11H2,1-2H3. The molecule has 8 heteroatoms. The Kier molecular flexibility index (Phi) is 5.06. The lowest BCUT2D eigenvalue weighted by Crippen LogP contribution is -2.14. The lowest BCUT2D eigenvalue weighted by molar-refractivity contribution is 0.0472. The summed E-state index contributed by atoms with van der Waals surface area (Å²) in [5, 5.41) is 2.57. The van der Waals surface area contributed by atoms with E-state index < -0.39 is 5.97 Å². The van der Waals surface area contributed by atoms with E-state index in [0.717, 1.165) is 17.0 Å². The molecular formula is C20H17N3O3S2. The van der Waals surface area contributed by atoms with E-state index >= 15 is 0 Å². The first-order valence-corrected chi connectivity index (χ1v) is 10.4. The van der Waals surface area contributed by atoms with Gasteiger partial charge in [-0.2, -0.15) is 0 Å². The highest BCUT2D eigenvalue weighted by atomic mass is 32.1. The number of aromatic nitrogens is 3. The molecule has 3 aromatic heterocycles. The van der Waals surface area contributed by atoms with E-state index in [4.69, 9.17) is 4.74 Å². The lowest BCUT2D eigenvalue weighted by Gasteiger charge is -2.03. The van der Waals surface area contributed by atoms with Crippen LogP contribution in [0.3, 0.4) is 0 Å². The van der Waals surface area contributed by atoms with Gasteiger partial charge in [-0.05, 0) is 18.9 Å². The average Bonchev–Trinajstić information content (AvgIpc) is 3.33. The fourth-order valence-electron chi connectivity index (χ4n) is 2.76. The summed E-state index contributed by atoms with van der Waals surface area (Å²) >= 11 is 2.66. The number of fused-ring (bicyclic) bond motifs is 1. The third kappa shape index (κ3) is 3.61. The van der Waals surface area contributed by atoms with E-state index in [9.17, 15) is 9.59 Å². The number of hydrogen-bond donors (Lipinski definition) is 0. The van der Waals surface area contributed by atoms with E-state index in [-0.39, 0.29) is 12.2 Å².